The van der Waals surface area contributed by atoms with Gasteiger partial charge in [-0.2, -0.15) is 0 Å². The molecule has 18 nitrogen and oxygen atoms in total. The smallest absolute Gasteiger partial charge is 0.412 e. The van der Waals surface area contributed by atoms with Gasteiger partial charge in [0.25, 0.3) is 0 Å². The third kappa shape index (κ3) is 660. The second-order valence-electron chi connectivity index (χ2n) is 0.671. The van der Waals surface area contributed by atoms with Crippen molar-refractivity contribution in [2.45, 2.75) is 0 Å². The van der Waals surface area contributed by atoms with Crippen LogP contribution in [0.3, 0.4) is 0 Å². The van der Waals surface area contributed by atoms with Crippen LogP contribution in [0, 0.1) is 46.0 Å². The predicted molar refractivity (Wildman–Crippen MR) is 52.8 cm³/mol. The van der Waals surface area contributed by atoms with E-state index in [9.17, 15) is 0 Å². The summed E-state index contributed by atoms with van der Waals surface area (Å²) in [7, 11) is 0. The molecule has 19 heteroatoms. The van der Waals surface area contributed by atoms with E-state index in [1.165, 1.54) is 0 Å². The first-order valence-corrected chi connectivity index (χ1v) is 1.64. The van der Waals surface area contributed by atoms with Crippen LogP contribution in [0.1, 0.15) is 0 Å². The molecule has 0 spiro atoms. The van der Waals surface area contributed by atoms with Crippen LogP contribution < -0.4 is 0 Å². The Labute approximate surface area is 112 Å². The fraction of sp³-hybridized carbons (Fsp3) is 0. The van der Waals surface area contributed by atoms with E-state index in [0.717, 1.165) is 0 Å². The summed E-state index contributed by atoms with van der Waals surface area (Å²) in [4.78, 5) is 24.8. The molecule has 0 bridgehead atoms. The number of hydrogen-bond acceptors (Lipinski definition) is 9. The number of nitrogens with zero attached hydrogens (tertiary/aromatic N) is 3. The Hall–Kier alpha value is -2.15. The predicted octanol–water partition coefficient (Wildman–Crippen LogP) is -5.67. The molecule has 19 heavy (non-hydrogen) atoms. The van der Waals surface area contributed by atoms with Gasteiger partial charge < -0.3 is 78.8 Å². The van der Waals surface area contributed by atoms with Crippen LogP contribution in [0.25, 0.3) is 0 Å². The van der Waals surface area contributed by atoms with E-state index in [1.807, 2.05) is 0 Å². The monoisotopic (exact) mass is 352 g/mol. The Morgan fingerprint density at radius 1 is 0.421 bits per heavy atom. The van der Waals surface area contributed by atoms with Gasteiger partial charge in [-0.3, -0.25) is 0 Å². The first-order valence-electron chi connectivity index (χ1n) is 1.64. The van der Waals surface area contributed by atoms with Crippen LogP contribution >= 0.6 is 0 Å². The number of hydrogen-bond donors (Lipinski definition) is 0. The molecule has 0 aliphatic heterocycles. The molecule has 0 aromatic heterocycles. The second kappa shape index (κ2) is 74.5. The van der Waals surface area contributed by atoms with E-state index in [1.54, 1.807) is 0 Å². The van der Waals surface area contributed by atoms with Crippen LogP contribution in [0.15, 0.2) is 0 Å². The fourth-order valence-corrected chi connectivity index (χ4v) is 0. The fourth-order valence-electron chi connectivity index (χ4n) is 0. The standard InChI is InChI=1S/3NO3.Ni.6H2O/c3*2-1(3)4;;;;;;;/h;;;;6*1H2/q3*-1;+3;;;;;;. The first kappa shape index (κ1) is 90.2. The molecule has 0 aliphatic rings. The van der Waals surface area contributed by atoms with Gasteiger partial charge in [-0.05, 0) is 0 Å². The average molecular weight is 353 g/mol. The molecule has 0 rings (SSSR count). The summed E-state index contributed by atoms with van der Waals surface area (Å²) in [5, 5.41) is 44.2. The van der Waals surface area contributed by atoms with Gasteiger partial charge in [0.2, 0.25) is 0 Å². The third-order valence-electron chi connectivity index (χ3n) is 0. The van der Waals surface area contributed by atoms with E-state index >= 15 is 0 Å². The maximum atomic E-state index is 8.25. The molecule has 0 atom stereocenters. The normalized spacial score (nSPS) is 3.79. The minimum atomic E-state index is -1.75. The zero-order valence-corrected chi connectivity index (χ0v) is 9.32. The summed E-state index contributed by atoms with van der Waals surface area (Å²) in [6.07, 6.45) is 0. The van der Waals surface area contributed by atoms with Crippen LogP contribution in [-0.2, 0) is 16.5 Å². The van der Waals surface area contributed by atoms with Crippen molar-refractivity contribution in [1.29, 1.82) is 0 Å². The molecule has 12 N–H and O–H groups in total. The zero-order chi connectivity index (χ0) is 10.7. The Balaban J connectivity index is -0.00000000675. The molecule has 0 unspecified atom stereocenters. The SMILES string of the molecule is O.O.O.O.O.O.O=[N+]([O-])[O-].O=[N+]([O-])[O-].O=[N+]([O-])[O-].[Ni+3]. The summed E-state index contributed by atoms with van der Waals surface area (Å²) in [5.74, 6) is 0. The summed E-state index contributed by atoms with van der Waals surface area (Å²) in [6.45, 7) is 0. The molecular weight excluding hydrogens is 341 g/mol. The van der Waals surface area contributed by atoms with Crippen molar-refractivity contribution in [3.05, 3.63) is 46.0 Å². The van der Waals surface area contributed by atoms with Gasteiger partial charge in [-0.25, -0.2) is 0 Å². The Kier molecular flexibility index (Phi) is 353. The van der Waals surface area contributed by atoms with Gasteiger partial charge in [0.15, 0.2) is 0 Å². The van der Waals surface area contributed by atoms with Crippen LogP contribution in [0.2, 0.25) is 0 Å². The van der Waals surface area contributed by atoms with Gasteiger partial charge in [0.05, 0.1) is 15.3 Å². The molecule has 1 radical (unpaired) electrons. The van der Waals surface area contributed by atoms with Gasteiger partial charge >= 0.3 is 16.5 Å². The van der Waals surface area contributed by atoms with Gasteiger partial charge in [-0.15, -0.1) is 0 Å². The third-order valence-corrected chi connectivity index (χ3v) is 0. The average Bonchev–Trinajstić information content (AvgIpc) is 1.54. The number of rotatable bonds is 0. The molecule has 0 saturated heterocycles. The summed E-state index contributed by atoms with van der Waals surface area (Å²) in [5.41, 5.74) is 0. The molecule has 0 fully saturated rings. The summed E-state index contributed by atoms with van der Waals surface area (Å²) >= 11 is 0. The molecule has 0 heterocycles. The van der Waals surface area contributed by atoms with Gasteiger partial charge in [0.1, 0.15) is 0 Å². The van der Waals surface area contributed by atoms with Crippen molar-refractivity contribution in [2.24, 2.45) is 0 Å². The summed E-state index contributed by atoms with van der Waals surface area (Å²) in [6, 6.07) is 0. The van der Waals surface area contributed by atoms with Crippen LogP contribution in [-0.4, -0.2) is 48.1 Å². The van der Waals surface area contributed by atoms with Gasteiger partial charge in [-0.1, -0.05) is 0 Å². The van der Waals surface area contributed by atoms with Crippen LogP contribution in [0.5, 0.6) is 0 Å². The van der Waals surface area contributed by atoms with Crippen molar-refractivity contribution in [3.8, 4) is 0 Å². The van der Waals surface area contributed by atoms with E-state index in [-0.39, 0.29) is 49.3 Å². The Bertz CT molecular complexity index is 115. The Morgan fingerprint density at radius 3 is 0.421 bits per heavy atom. The molecule has 0 saturated carbocycles. The molecule has 0 aromatic rings. The largest absolute Gasteiger partial charge is 3.00 e. The topological polar surface area (TPSA) is 388 Å². The summed E-state index contributed by atoms with van der Waals surface area (Å²) < 4.78 is 0. The minimum absolute atomic E-state index is 0. The molecular formula is H12N3NiO15. The zero-order valence-electron chi connectivity index (χ0n) is 8.33. The Morgan fingerprint density at radius 2 is 0.421 bits per heavy atom. The van der Waals surface area contributed by atoms with Crippen molar-refractivity contribution in [1.82, 2.24) is 0 Å². The minimum Gasteiger partial charge on any atom is -0.412 e. The van der Waals surface area contributed by atoms with E-state index in [0.29, 0.717) is 0 Å². The van der Waals surface area contributed by atoms with Crippen molar-refractivity contribution < 1.29 is 64.6 Å². The van der Waals surface area contributed by atoms with Gasteiger partial charge in [0, 0.05) is 0 Å². The molecule has 0 aromatic carbocycles. The van der Waals surface area contributed by atoms with E-state index in [4.69, 9.17) is 46.0 Å². The van der Waals surface area contributed by atoms with Crippen molar-refractivity contribution in [2.75, 3.05) is 0 Å². The second-order valence-corrected chi connectivity index (χ2v) is 0.671. The molecule has 0 aliphatic carbocycles. The van der Waals surface area contributed by atoms with Crippen molar-refractivity contribution in [3.63, 3.8) is 0 Å². The van der Waals surface area contributed by atoms with E-state index in [2.05, 4.69) is 0 Å². The van der Waals surface area contributed by atoms with E-state index < -0.39 is 15.3 Å². The van der Waals surface area contributed by atoms with Crippen molar-refractivity contribution >= 4 is 0 Å². The quantitative estimate of drug-likeness (QED) is 0.227. The van der Waals surface area contributed by atoms with Crippen LogP contribution in [0.4, 0.5) is 0 Å². The maximum absolute atomic E-state index is 8.25. The molecule has 127 valence electrons. The molecule has 0 amide bonds. The maximum Gasteiger partial charge on any atom is 3.00 e. The first-order chi connectivity index (χ1) is 5.20.